The number of rotatable bonds is 1. The number of hydrogen-bond donors (Lipinski definition) is 1. The highest BCUT2D eigenvalue weighted by Crippen LogP contribution is 2.34. The Bertz CT molecular complexity index is 291. The minimum atomic E-state index is 0.329. The lowest BCUT2D eigenvalue weighted by Crippen LogP contribution is -2.41. The number of fused-ring (bicyclic) bond motifs is 1. The van der Waals surface area contributed by atoms with Gasteiger partial charge in [-0.25, -0.2) is 0 Å². The van der Waals surface area contributed by atoms with E-state index in [4.69, 9.17) is 0 Å². The van der Waals surface area contributed by atoms with E-state index in [9.17, 15) is 4.79 Å². The van der Waals surface area contributed by atoms with Gasteiger partial charge in [0.25, 0.3) is 0 Å². The van der Waals surface area contributed by atoms with Gasteiger partial charge >= 0.3 is 0 Å². The van der Waals surface area contributed by atoms with E-state index < -0.39 is 0 Å². The maximum Gasteiger partial charge on any atom is 0.226 e. The predicted octanol–water partition coefficient (Wildman–Crippen LogP) is 1.63. The van der Waals surface area contributed by atoms with Crippen molar-refractivity contribution in [2.75, 3.05) is 19.6 Å². The molecule has 0 aromatic rings. The summed E-state index contributed by atoms with van der Waals surface area (Å²) in [6, 6.07) is 0.587. The summed E-state index contributed by atoms with van der Waals surface area (Å²) >= 11 is 0. The van der Waals surface area contributed by atoms with E-state index in [-0.39, 0.29) is 0 Å². The molecule has 3 heteroatoms. The van der Waals surface area contributed by atoms with Crippen molar-refractivity contribution in [2.45, 2.75) is 45.1 Å². The molecule has 1 aliphatic carbocycles. The van der Waals surface area contributed by atoms with Gasteiger partial charge in [0.05, 0.1) is 0 Å². The highest BCUT2D eigenvalue weighted by molar-refractivity contribution is 5.79. The van der Waals surface area contributed by atoms with Crippen LogP contribution < -0.4 is 5.32 Å². The SMILES string of the molecule is CC1CCCC1C(=O)N1CC2CCCNC2C1. The highest BCUT2D eigenvalue weighted by atomic mass is 16.2. The van der Waals surface area contributed by atoms with Crippen molar-refractivity contribution in [3.05, 3.63) is 0 Å². The van der Waals surface area contributed by atoms with Gasteiger partial charge in [-0.1, -0.05) is 13.3 Å². The van der Waals surface area contributed by atoms with Crippen LogP contribution in [0, 0.1) is 17.8 Å². The summed E-state index contributed by atoms with van der Waals surface area (Å²) in [7, 11) is 0. The zero-order valence-electron chi connectivity index (χ0n) is 10.8. The molecular weight excluding hydrogens is 212 g/mol. The molecule has 0 bridgehead atoms. The minimum Gasteiger partial charge on any atom is -0.341 e. The van der Waals surface area contributed by atoms with E-state index in [2.05, 4.69) is 17.1 Å². The average molecular weight is 236 g/mol. The fraction of sp³-hybridized carbons (Fsp3) is 0.929. The highest BCUT2D eigenvalue weighted by Gasteiger charge is 2.40. The third-order valence-electron chi connectivity index (χ3n) is 5.09. The van der Waals surface area contributed by atoms with Gasteiger partial charge in [0.2, 0.25) is 5.91 Å². The lowest BCUT2D eigenvalue weighted by Gasteiger charge is -2.24. The maximum atomic E-state index is 12.5. The predicted molar refractivity (Wildman–Crippen MR) is 67.6 cm³/mol. The lowest BCUT2D eigenvalue weighted by molar-refractivity contribution is -0.135. The van der Waals surface area contributed by atoms with Gasteiger partial charge in [-0.15, -0.1) is 0 Å². The smallest absolute Gasteiger partial charge is 0.226 e. The topological polar surface area (TPSA) is 32.3 Å². The fourth-order valence-electron chi connectivity index (χ4n) is 3.97. The lowest BCUT2D eigenvalue weighted by atomic mass is 9.94. The zero-order valence-corrected chi connectivity index (χ0v) is 10.8. The molecule has 4 atom stereocenters. The molecule has 3 nitrogen and oxygen atoms in total. The molecular formula is C14H24N2O. The summed E-state index contributed by atoms with van der Waals surface area (Å²) in [5.41, 5.74) is 0. The molecule has 0 radical (unpaired) electrons. The van der Waals surface area contributed by atoms with Crippen LogP contribution in [0.25, 0.3) is 0 Å². The number of nitrogens with zero attached hydrogens (tertiary/aromatic N) is 1. The summed E-state index contributed by atoms with van der Waals surface area (Å²) in [4.78, 5) is 14.7. The first-order chi connectivity index (χ1) is 8.25. The summed E-state index contributed by atoms with van der Waals surface area (Å²) in [6.07, 6.45) is 6.20. The molecule has 4 unspecified atom stereocenters. The van der Waals surface area contributed by atoms with Gasteiger partial charge in [0, 0.05) is 25.0 Å². The molecule has 96 valence electrons. The molecule has 17 heavy (non-hydrogen) atoms. The minimum absolute atomic E-state index is 0.329. The van der Waals surface area contributed by atoms with E-state index in [0.29, 0.717) is 23.8 Å². The second kappa shape index (κ2) is 4.60. The van der Waals surface area contributed by atoms with Crippen LogP contribution in [0.1, 0.15) is 39.0 Å². The molecule has 3 aliphatic rings. The monoisotopic (exact) mass is 236 g/mol. The Labute approximate surface area is 104 Å². The van der Waals surface area contributed by atoms with Crippen LogP contribution in [-0.4, -0.2) is 36.5 Å². The normalized spacial score (nSPS) is 41.6. The first-order valence-electron chi connectivity index (χ1n) is 7.28. The third-order valence-corrected chi connectivity index (χ3v) is 5.09. The molecule has 3 fully saturated rings. The number of carbonyl (C=O) groups excluding carboxylic acids is 1. The van der Waals surface area contributed by atoms with Crippen LogP contribution in [-0.2, 0) is 4.79 Å². The molecule has 1 N–H and O–H groups in total. The fourth-order valence-corrected chi connectivity index (χ4v) is 3.97. The van der Waals surface area contributed by atoms with E-state index in [1.165, 1.54) is 25.7 Å². The molecule has 0 aromatic heterocycles. The van der Waals surface area contributed by atoms with E-state index in [1.807, 2.05) is 0 Å². The molecule has 1 amide bonds. The van der Waals surface area contributed by atoms with Crippen molar-refractivity contribution in [3.8, 4) is 0 Å². The Hall–Kier alpha value is -0.570. The van der Waals surface area contributed by atoms with Crippen LogP contribution in [0.3, 0.4) is 0 Å². The maximum absolute atomic E-state index is 12.5. The van der Waals surface area contributed by atoms with Crippen LogP contribution >= 0.6 is 0 Å². The molecule has 3 rings (SSSR count). The quantitative estimate of drug-likeness (QED) is 0.750. The Morgan fingerprint density at radius 1 is 1.18 bits per heavy atom. The number of carbonyl (C=O) groups is 1. The van der Waals surface area contributed by atoms with E-state index in [1.54, 1.807) is 0 Å². The van der Waals surface area contributed by atoms with E-state index in [0.717, 1.165) is 32.0 Å². The Kier molecular flexibility index (Phi) is 3.12. The second-order valence-electron chi connectivity index (χ2n) is 6.22. The standard InChI is InChI=1S/C14H24N2O/c1-10-4-2-6-12(10)14(17)16-8-11-5-3-7-15-13(11)9-16/h10-13,15H,2-9H2,1H3. The van der Waals surface area contributed by atoms with Crippen molar-refractivity contribution in [1.29, 1.82) is 0 Å². The van der Waals surface area contributed by atoms with E-state index >= 15 is 0 Å². The largest absolute Gasteiger partial charge is 0.341 e. The first kappa shape index (κ1) is 11.5. The summed E-state index contributed by atoms with van der Waals surface area (Å²) in [5.74, 6) is 2.11. The van der Waals surface area contributed by atoms with Crippen LogP contribution in [0.5, 0.6) is 0 Å². The number of nitrogens with one attached hydrogen (secondary N) is 1. The molecule has 2 saturated heterocycles. The summed E-state index contributed by atoms with van der Waals surface area (Å²) in [6.45, 7) is 5.37. The third kappa shape index (κ3) is 2.10. The first-order valence-corrected chi connectivity index (χ1v) is 7.28. The van der Waals surface area contributed by atoms with Crippen LogP contribution in [0.2, 0.25) is 0 Å². The number of piperidine rings is 1. The molecule has 2 heterocycles. The van der Waals surface area contributed by atoms with Crippen molar-refractivity contribution >= 4 is 5.91 Å². The van der Waals surface area contributed by atoms with Crippen molar-refractivity contribution in [3.63, 3.8) is 0 Å². The molecule has 2 aliphatic heterocycles. The summed E-state index contributed by atoms with van der Waals surface area (Å²) < 4.78 is 0. The molecule has 0 spiro atoms. The van der Waals surface area contributed by atoms with Gasteiger partial charge in [-0.05, 0) is 44.1 Å². The van der Waals surface area contributed by atoms with Gasteiger partial charge < -0.3 is 10.2 Å². The van der Waals surface area contributed by atoms with Gasteiger partial charge in [0.15, 0.2) is 0 Å². The second-order valence-corrected chi connectivity index (χ2v) is 6.22. The van der Waals surface area contributed by atoms with Crippen LogP contribution in [0.4, 0.5) is 0 Å². The number of amides is 1. The van der Waals surface area contributed by atoms with Gasteiger partial charge in [-0.3, -0.25) is 4.79 Å². The van der Waals surface area contributed by atoms with Crippen LogP contribution in [0.15, 0.2) is 0 Å². The zero-order chi connectivity index (χ0) is 11.8. The Balaban J connectivity index is 1.63. The Morgan fingerprint density at radius 2 is 2.06 bits per heavy atom. The van der Waals surface area contributed by atoms with Crippen molar-refractivity contribution in [2.24, 2.45) is 17.8 Å². The van der Waals surface area contributed by atoms with Gasteiger partial charge in [-0.2, -0.15) is 0 Å². The average Bonchev–Trinajstić information content (AvgIpc) is 2.93. The molecule has 1 saturated carbocycles. The number of hydrogen-bond acceptors (Lipinski definition) is 2. The van der Waals surface area contributed by atoms with Crippen molar-refractivity contribution < 1.29 is 4.79 Å². The number of likely N-dealkylation sites (tertiary alicyclic amines) is 1. The van der Waals surface area contributed by atoms with Gasteiger partial charge in [0.1, 0.15) is 0 Å². The molecule has 0 aromatic carbocycles. The van der Waals surface area contributed by atoms with Crippen molar-refractivity contribution in [1.82, 2.24) is 10.2 Å². The summed E-state index contributed by atoms with van der Waals surface area (Å²) in [5, 5.41) is 3.57. The Morgan fingerprint density at radius 3 is 2.76 bits per heavy atom.